The number of methoxy groups -OCH3 is 2. The van der Waals surface area contributed by atoms with Crippen molar-refractivity contribution in [2.45, 2.75) is 30.5 Å². The highest BCUT2D eigenvalue weighted by molar-refractivity contribution is 5.49. The van der Waals surface area contributed by atoms with Crippen LogP contribution in [0.4, 0.5) is 0 Å². The molecule has 8 heteroatoms. The van der Waals surface area contributed by atoms with Crippen LogP contribution in [-0.2, 0) is 15.1 Å². The van der Waals surface area contributed by atoms with E-state index in [1.165, 1.54) is 0 Å². The molecule has 0 aromatic heterocycles. The standard InChI is InChI=1S/C26H27N3O5/c1-31-21-12-8-19(9-13-21)26(18-6-4-3-5-7-18,20-10-14-22(32-2)15-11-20)33-17-24-23(30)16-25(34-24)28-29-27/h3-15,23-25,30H,16-17H2,1-2H3/t23-,24+,25-/m0/s1. The van der Waals surface area contributed by atoms with E-state index < -0.39 is 24.0 Å². The van der Waals surface area contributed by atoms with Crippen molar-refractivity contribution >= 4 is 0 Å². The molecule has 0 saturated carbocycles. The Hall–Kier alpha value is -3.55. The Bertz CT molecular complexity index is 1070. The van der Waals surface area contributed by atoms with Gasteiger partial charge in [-0.2, -0.15) is 0 Å². The fourth-order valence-electron chi connectivity index (χ4n) is 4.27. The lowest BCUT2D eigenvalue weighted by atomic mass is 9.80. The molecule has 1 saturated heterocycles. The molecular formula is C26H27N3O5. The van der Waals surface area contributed by atoms with Crippen LogP contribution in [0.25, 0.3) is 10.4 Å². The van der Waals surface area contributed by atoms with Crippen LogP contribution in [0.2, 0.25) is 0 Å². The zero-order valence-corrected chi connectivity index (χ0v) is 19.1. The van der Waals surface area contributed by atoms with E-state index in [0.29, 0.717) is 0 Å². The Morgan fingerprint density at radius 1 is 0.912 bits per heavy atom. The van der Waals surface area contributed by atoms with Gasteiger partial charge in [-0.1, -0.05) is 59.7 Å². The minimum Gasteiger partial charge on any atom is -0.497 e. The Morgan fingerprint density at radius 2 is 1.44 bits per heavy atom. The van der Waals surface area contributed by atoms with Crippen LogP contribution in [0.3, 0.4) is 0 Å². The van der Waals surface area contributed by atoms with Gasteiger partial charge in [0.2, 0.25) is 0 Å². The number of aliphatic hydroxyl groups excluding tert-OH is 1. The maximum absolute atomic E-state index is 10.5. The third-order valence-electron chi connectivity index (χ3n) is 6.02. The molecule has 0 unspecified atom stereocenters. The molecule has 1 fully saturated rings. The molecule has 1 aliphatic heterocycles. The first-order valence-corrected chi connectivity index (χ1v) is 11.0. The number of azide groups is 1. The third kappa shape index (κ3) is 4.71. The van der Waals surface area contributed by atoms with Crippen LogP contribution in [0, 0.1) is 0 Å². The summed E-state index contributed by atoms with van der Waals surface area (Å²) in [7, 11) is 3.25. The predicted molar refractivity (Wildman–Crippen MR) is 127 cm³/mol. The molecule has 0 amide bonds. The van der Waals surface area contributed by atoms with E-state index >= 15 is 0 Å². The molecule has 0 radical (unpaired) electrons. The highest BCUT2D eigenvalue weighted by Crippen LogP contribution is 2.42. The second-order valence-electron chi connectivity index (χ2n) is 7.95. The smallest absolute Gasteiger partial charge is 0.143 e. The fraction of sp³-hybridized carbons (Fsp3) is 0.308. The molecule has 0 bridgehead atoms. The number of rotatable bonds is 9. The summed E-state index contributed by atoms with van der Waals surface area (Å²) >= 11 is 0. The van der Waals surface area contributed by atoms with Crippen LogP contribution in [0.15, 0.2) is 84.0 Å². The Kier molecular flexibility index (Phi) is 7.35. The van der Waals surface area contributed by atoms with Gasteiger partial charge in [-0.05, 0) is 46.5 Å². The van der Waals surface area contributed by atoms with E-state index in [-0.39, 0.29) is 13.0 Å². The van der Waals surface area contributed by atoms with Gasteiger partial charge in [-0.3, -0.25) is 0 Å². The summed E-state index contributed by atoms with van der Waals surface area (Å²) in [5, 5.41) is 14.1. The number of hydrogen-bond acceptors (Lipinski definition) is 6. The molecule has 4 rings (SSSR count). The molecule has 0 aliphatic carbocycles. The Morgan fingerprint density at radius 3 is 1.94 bits per heavy atom. The minimum absolute atomic E-state index is 0.0750. The van der Waals surface area contributed by atoms with Crippen LogP contribution in [-0.4, -0.2) is 44.4 Å². The molecule has 0 spiro atoms. The summed E-state index contributed by atoms with van der Waals surface area (Å²) in [6, 6.07) is 25.3. The van der Waals surface area contributed by atoms with Crippen molar-refractivity contribution in [3.63, 3.8) is 0 Å². The van der Waals surface area contributed by atoms with Crippen molar-refractivity contribution in [1.29, 1.82) is 0 Å². The van der Waals surface area contributed by atoms with Crippen LogP contribution >= 0.6 is 0 Å². The predicted octanol–water partition coefficient (Wildman–Crippen LogP) is 4.80. The molecular weight excluding hydrogens is 434 g/mol. The summed E-state index contributed by atoms with van der Waals surface area (Å²) in [4.78, 5) is 2.80. The van der Waals surface area contributed by atoms with Crippen LogP contribution in [0.1, 0.15) is 23.1 Å². The van der Waals surface area contributed by atoms with Gasteiger partial charge in [0.05, 0.1) is 26.9 Å². The van der Waals surface area contributed by atoms with Crippen molar-refractivity contribution in [1.82, 2.24) is 0 Å². The lowest BCUT2D eigenvalue weighted by Gasteiger charge is -2.37. The lowest BCUT2D eigenvalue weighted by molar-refractivity contribution is -0.0812. The fourth-order valence-corrected chi connectivity index (χ4v) is 4.27. The SMILES string of the molecule is COc1ccc(C(OC[C@H]2O[C@H](N=[N+]=[N-])C[C@@H]2O)(c2ccccc2)c2ccc(OC)cc2)cc1. The van der Waals surface area contributed by atoms with Gasteiger partial charge in [-0.15, -0.1) is 0 Å². The van der Waals surface area contributed by atoms with Crippen molar-refractivity contribution in [3.8, 4) is 11.5 Å². The summed E-state index contributed by atoms with van der Waals surface area (Å²) < 4.78 is 23.2. The van der Waals surface area contributed by atoms with Gasteiger partial charge in [0.15, 0.2) is 0 Å². The maximum atomic E-state index is 10.5. The zero-order chi connectivity index (χ0) is 24.0. The van der Waals surface area contributed by atoms with Gasteiger partial charge >= 0.3 is 0 Å². The highest BCUT2D eigenvalue weighted by Gasteiger charge is 2.41. The van der Waals surface area contributed by atoms with Crippen molar-refractivity contribution in [3.05, 3.63) is 106 Å². The first-order valence-electron chi connectivity index (χ1n) is 11.0. The van der Waals surface area contributed by atoms with Gasteiger partial charge in [0, 0.05) is 11.3 Å². The summed E-state index contributed by atoms with van der Waals surface area (Å²) in [5.74, 6) is 1.46. The van der Waals surface area contributed by atoms with Gasteiger partial charge < -0.3 is 24.1 Å². The molecule has 3 aromatic rings. The Balaban J connectivity index is 1.80. The van der Waals surface area contributed by atoms with Crippen molar-refractivity contribution in [2.75, 3.05) is 20.8 Å². The molecule has 1 N–H and O–H groups in total. The molecule has 1 heterocycles. The summed E-state index contributed by atoms with van der Waals surface area (Å²) in [5.41, 5.74) is 10.4. The number of ether oxygens (including phenoxy) is 4. The minimum atomic E-state index is -1.01. The number of hydrogen-bond donors (Lipinski definition) is 1. The molecule has 3 atom stereocenters. The summed E-state index contributed by atoms with van der Waals surface area (Å²) in [6.07, 6.45) is -1.95. The molecule has 34 heavy (non-hydrogen) atoms. The molecule has 176 valence electrons. The highest BCUT2D eigenvalue weighted by atomic mass is 16.6. The number of benzene rings is 3. The molecule has 3 aromatic carbocycles. The van der Waals surface area contributed by atoms with E-state index in [4.69, 9.17) is 24.5 Å². The van der Waals surface area contributed by atoms with Gasteiger partial charge in [-0.25, -0.2) is 0 Å². The third-order valence-corrected chi connectivity index (χ3v) is 6.02. The van der Waals surface area contributed by atoms with E-state index in [2.05, 4.69) is 10.0 Å². The van der Waals surface area contributed by atoms with Crippen LogP contribution < -0.4 is 9.47 Å². The number of aliphatic hydroxyl groups is 1. The van der Waals surface area contributed by atoms with Gasteiger partial charge in [0.1, 0.15) is 29.4 Å². The first-order chi connectivity index (χ1) is 16.6. The second-order valence-corrected chi connectivity index (χ2v) is 7.95. The second kappa shape index (κ2) is 10.6. The van der Waals surface area contributed by atoms with E-state index in [1.807, 2.05) is 78.9 Å². The summed E-state index contributed by atoms with van der Waals surface area (Å²) in [6.45, 7) is 0.0750. The van der Waals surface area contributed by atoms with E-state index in [0.717, 1.165) is 28.2 Å². The van der Waals surface area contributed by atoms with E-state index in [9.17, 15) is 5.11 Å². The maximum Gasteiger partial charge on any atom is 0.143 e. The average molecular weight is 462 g/mol. The molecule has 1 aliphatic rings. The molecule has 8 nitrogen and oxygen atoms in total. The lowest BCUT2D eigenvalue weighted by Crippen LogP contribution is -2.38. The topological polar surface area (TPSA) is 106 Å². The van der Waals surface area contributed by atoms with E-state index in [1.54, 1.807) is 14.2 Å². The zero-order valence-electron chi connectivity index (χ0n) is 19.1. The average Bonchev–Trinajstić information content (AvgIpc) is 3.24. The van der Waals surface area contributed by atoms with Gasteiger partial charge in [0.25, 0.3) is 0 Å². The first kappa shape index (κ1) is 23.6. The number of nitrogens with zero attached hydrogens (tertiary/aromatic N) is 3. The van der Waals surface area contributed by atoms with Crippen LogP contribution in [0.5, 0.6) is 11.5 Å². The van der Waals surface area contributed by atoms with Crippen molar-refractivity contribution in [2.24, 2.45) is 5.11 Å². The largest absolute Gasteiger partial charge is 0.497 e. The monoisotopic (exact) mass is 461 g/mol. The Labute approximate surface area is 198 Å². The quantitative estimate of drug-likeness (QED) is 0.213. The normalized spacial score (nSPS) is 19.9. The van der Waals surface area contributed by atoms with Crippen molar-refractivity contribution < 1.29 is 24.1 Å².